The number of nitrogens with zero attached hydrogens (tertiary/aromatic N) is 1. The predicted octanol–water partition coefficient (Wildman–Crippen LogP) is 2.73. The molecule has 0 unspecified atom stereocenters. The zero-order valence-electron chi connectivity index (χ0n) is 15.3. The maximum absolute atomic E-state index is 12.5. The van der Waals surface area contributed by atoms with Crippen LogP contribution in [0.5, 0.6) is 0 Å². The van der Waals surface area contributed by atoms with Crippen molar-refractivity contribution in [3.8, 4) is 0 Å². The number of amides is 1. The van der Waals surface area contributed by atoms with Crippen LogP contribution in [0.1, 0.15) is 20.8 Å². The summed E-state index contributed by atoms with van der Waals surface area (Å²) >= 11 is 2.89. The van der Waals surface area contributed by atoms with Gasteiger partial charge in [-0.3, -0.25) is 4.79 Å². The summed E-state index contributed by atoms with van der Waals surface area (Å²) in [5.74, 6) is -0.390. The van der Waals surface area contributed by atoms with E-state index in [1.807, 2.05) is 34.3 Å². The molecule has 148 valence electrons. The first-order valence-electron chi connectivity index (χ1n) is 8.35. The third-order valence-corrected chi connectivity index (χ3v) is 7.86. The van der Waals surface area contributed by atoms with E-state index in [1.54, 1.807) is 0 Å². The van der Waals surface area contributed by atoms with Gasteiger partial charge < -0.3 is 10.4 Å². The number of hydrogen-bond acceptors (Lipinski definition) is 6. The van der Waals surface area contributed by atoms with Crippen molar-refractivity contribution in [3.63, 3.8) is 0 Å². The Morgan fingerprint density at radius 2 is 1.86 bits per heavy atom. The van der Waals surface area contributed by atoms with E-state index < -0.39 is 15.6 Å². The monoisotopic (exact) mass is 436 g/mol. The van der Waals surface area contributed by atoms with Gasteiger partial charge in [0.15, 0.2) is 0 Å². The maximum atomic E-state index is 12.5. The lowest BCUT2D eigenvalue weighted by molar-refractivity contribution is 0.0721. The Kier molecular flexibility index (Phi) is 6.01. The van der Waals surface area contributed by atoms with Crippen molar-refractivity contribution in [1.29, 1.82) is 0 Å². The normalized spacial score (nSPS) is 14.0. The first-order chi connectivity index (χ1) is 13.2. The van der Waals surface area contributed by atoms with Gasteiger partial charge in [-0.1, -0.05) is 6.07 Å². The standard InChI is InChI=1S/C19H20N2O4S3/c1-21(2)28(24,25)16-7-5-14(6-8-16)18(22)20-13-19(23,15-9-11-26-12-15)17-4-3-10-27-17/h3-12,23H,13H2,1-2H3,(H,20,22)/t19-/m1/s1. The molecule has 28 heavy (non-hydrogen) atoms. The molecule has 9 heteroatoms. The van der Waals surface area contributed by atoms with Crippen molar-refractivity contribution in [2.24, 2.45) is 0 Å². The van der Waals surface area contributed by atoms with Gasteiger partial charge in [-0.05, 0) is 52.5 Å². The van der Waals surface area contributed by atoms with Crippen molar-refractivity contribution >= 4 is 38.6 Å². The second kappa shape index (κ2) is 8.14. The van der Waals surface area contributed by atoms with Gasteiger partial charge in [-0.15, -0.1) is 11.3 Å². The molecule has 3 rings (SSSR count). The van der Waals surface area contributed by atoms with Gasteiger partial charge in [0.2, 0.25) is 10.0 Å². The fourth-order valence-corrected chi connectivity index (χ4v) is 5.12. The average molecular weight is 437 g/mol. The van der Waals surface area contributed by atoms with Gasteiger partial charge >= 0.3 is 0 Å². The minimum absolute atomic E-state index is 0.000821. The van der Waals surface area contributed by atoms with Crippen molar-refractivity contribution in [2.75, 3.05) is 20.6 Å². The Balaban J connectivity index is 1.77. The van der Waals surface area contributed by atoms with Crippen LogP contribution in [0.2, 0.25) is 0 Å². The van der Waals surface area contributed by atoms with Crippen LogP contribution in [-0.2, 0) is 15.6 Å². The van der Waals surface area contributed by atoms with Crippen LogP contribution >= 0.6 is 22.7 Å². The Morgan fingerprint density at radius 3 is 2.39 bits per heavy atom. The fraction of sp³-hybridized carbons (Fsp3) is 0.211. The second-order valence-corrected chi connectivity index (χ2v) is 10.2. The SMILES string of the molecule is CN(C)S(=O)(=O)c1ccc(C(=O)NC[C@@](O)(c2ccsc2)c2cccs2)cc1. The van der Waals surface area contributed by atoms with Gasteiger partial charge in [0.25, 0.3) is 5.91 Å². The molecule has 2 heterocycles. The van der Waals surface area contributed by atoms with Gasteiger partial charge in [0, 0.05) is 30.1 Å². The van der Waals surface area contributed by atoms with Crippen molar-refractivity contribution in [1.82, 2.24) is 9.62 Å². The van der Waals surface area contributed by atoms with E-state index >= 15 is 0 Å². The zero-order chi connectivity index (χ0) is 20.4. The Labute approximate surface area is 172 Å². The lowest BCUT2D eigenvalue weighted by Crippen LogP contribution is -2.41. The molecule has 0 aliphatic carbocycles. The lowest BCUT2D eigenvalue weighted by Gasteiger charge is -2.27. The van der Waals surface area contributed by atoms with E-state index in [0.29, 0.717) is 11.1 Å². The van der Waals surface area contributed by atoms with E-state index in [2.05, 4.69) is 5.32 Å². The molecule has 0 aliphatic rings. The summed E-state index contributed by atoms with van der Waals surface area (Å²) in [5, 5.41) is 19.6. The van der Waals surface area contributed by atoms with E-state index in [0.717, 1.165) is 9.18 Å². The molecule has 1 amide bonds. The smallest absolute Gasteiger partial charge is 0.251 e. The molecule has 2 aromatic heterocycles. The number of nitrogens with one attached hydrogen (secondary N) is 1. The van der Waals surface area contributed by atoms with Crippen molar-refractivity contribution < 1.29 is 18.3 Å². The highest BCUT2D eigenvalue weighted by molar-refractivity contribution is 7.89. The fourth-order valence-electron chi connectivity index (χ4n) is 2.64. The predicted molar refractivity (Wildman–Crippen MR) is 111 cm³/mol. The third-order valence-electron chi connectivity index (χ3n) is 4.33. The number of hydrogen-bond donors (Lipinski definition) is 2. The minimum Gasteiger partial charge on any atom is -0.378 e. The minimum atomic E-state index is -3.55. The molecule has 3 aromatic rings. The number of aliphatic hydroxyl groups is 1. The summed E-state index contributed by atoms with van der Waals surface area (Å²) in [6.45, 7) is 0.000821. The van der Waals surface area contributed by atoms with Crippen LogP contribution in [0.3, 0.4) is 0 Å². The molecule has 6 nitrogen and oxygen atoms in total. The topological polar surface area (TPSA) is 86.7 Å². The molecule has 1 aromatic carbocycles. The van der Waals surface area contributed by atoms with E-state index in [4.69, 9.17) is 0 Å². The third kappa shape index (κ3) is 4.03. The molecule has 0 saturated carbocycles. The molecular weight excluding hydrogens is 416 g/mol. The van der Waals surface area contributed by atoms with Crippen molar-refractivity contribution in [3.05, 3.63) is 74.6 Å². The van der Waals surface area contributed by atoms with Crippen molar-refractivity contribution in [2.45, 2.75) is 10.5 Å². The highest BCUT2D eigenvalue weighted by Gasteiger charge is 2.33. The number of carbonyl (C=O) groups excluding carboxylic acids is 1. The molecule has 2 N–H and O–H groups in total. The number of carbonyl (C=O) groups is 1. The van der Waals surface area contributed by atoms with Crippen LogP contribution in [0, 0.1) is 0 Å². The summed E-state index contributed by atoms with van der Waals surface area (Å²) in [6, 6.07) is 11.2. The first kappa shape index (κ1) is 20.7. The Hall–Kier alpha value is -2.04. The molecule has 0 saturated heterocycles. The van der Waals surface area contributed by atoms with Gasteiger partial charge in [0.1, 0.15) is 5.60 Å². The zero-order valence-corrected chi connectivity index (χ0v) is 17.8. The van der Waals surface area contributed by atoms with E-state index in [-0.39, 0.29) is 17.3 Å². The van der Waals surface area contributed by atoms with Gasteiger partial charge in [-0.25, -0.2) is 12.7 Å². The molecule has 1 atom stereocenters. The first-order valence-corrected chi connectivity index (χ1v) is 11.6. The molecule has 0 aliphatic heterocycles. The molecule has 0 spiro atoms. The van der Waals surface area contributed by atoms with Crippen LogP contribution < -0.4 is 5.32 Å². The number of thiophene rings is 2. The van der Waals surface area contributed by atoms with Crippen LogP contribution in [0.15, 0.2) is 63.5 Å². The molecule has 0 radical (unpaired) electrons. The van der Waals surface area contributed by atoms with E-state index in [9.17, 15) is 18.3 Å². The van der Waals surface area contributed by atoms with Crippen LogP contribution in [-0.4, -0.2) is 44.4 Å². The summed E-state index contributed by atoms with van der Waals surface area (Å²) in [7, 11) is -0.650. The summed E-state index contributed by atoms with van der Waals surface area (Å²) in [6.07, 6.45) is 0. The van der Waals surface area contributed by atoms with Crippen LogP contribution in [0.25, 0.3) is 0 Å². The van der Waals surface area contributed by atoms with Crippen LogP contribution in [0.4, 0.5) is 0 Å². The molecule has 0 fully saturated rings. The summed E-state index contributed by atoms with van der Waals surface area (Å²) in [5.41, 5.74) is -0.290. The molecule has 0 bridgehead atoms. The molecular formula is C19H20N2O4S3. The highest BCUT2D eigenvalue weighted by Crippen LogP contribution is 2.33. The lowest BCUT2D eigenvalue weighted by atomic mass is 9.94. The van der Waals surface area contributed by atoms with Gasteiger partial charge in [-0.2, -0.15) is 11.3 Å². The second-order valence-electron chi connectivity index (χ2n) is 6.34. The van der Waals surface area contributed by atoms with E-state index in [1.165, 1.54) is 61.0 Å². The average Bonchev–Trinajstić information content (AvgIpc) is 3.40. The highest BCUT2D eigenvalue weighted by atomic mass is 32.2. The number of sulfonamides is 1. The Bertz CT molecular complexity index is 991. The summed E-state index contributed by atoms with van der Waals surface area (Å²) < 4.78 is 25.4. The Morgan fingerprint density at radius 1 is 1.14 bits per heavy atom. The largest absolute Gasteiger partial charge is 0.378 e. The summed E-state index contributed by atoms with van der Waals surface area (Å²) in [4.78, 5) is 13.4. The maximum Gasteiger partial charge on any atom is 0.251 e. The van der Waals surface area contributed by atoms with Gasteiger partial charge in [0.05, 0.1) is 11.4 Å². The number of benzene rings is 1. The number of rotatable bonds is 7. The quantitative estimate of drug-likeness (QED) is 0.596.